The number of benzene rings is 3. The third kappa shape index (κ3) is 5.52. The molecule has 0 saturated carbocycles. The Labute approximate surface area is 223 Å². The molecule has 1 aliphatic heterocycles. The monoisotopic (exact) mass is 515 g/mol. The molecule has 1 N–H and O–H groups in total. The molecular formula is C31H33NO6. The first kappa shape index (κ1) is 26.8. The fourth-order valence-corrected chi connectivity index (χ4v) is 4.61. The number of likely N-dealkylation sites (tertiary alicyclic amines) is 1. The summed E-state index contributed by atoms with van der Waals surface area (Å²) >= 11 is 0. The van der Waals surface area contributed by atoms with Crippen LogP contribution in [0.15, 0.2) is 72.3 Å². The Kier molecular flexibility index (Phi) is 8.05. The molecule has 0 bridgehead atoms. The first-order chi connectivity index (χ1) is 18.2. The second-order valence-corrected chi connectivity index (χ2v) is 9.43. The highest BCUT2D eigenvalue weighted by Gasteiger charge is 2.46. The van der Waals surface area contributed by atoms with Crippen molar-refractivity contribution in [2.45, 2.75) is 46.4 Å². The van der Waals surface area contributed by atoms with E-state index in [1.165, 1.54) is 4.90 Å². The maximum absolute atomic E-state index is 13.4. The normalized spacial score (nSPS) is 16.7. The van der Waals surface area contributed by atoms with Gasteiger partial charge in [-0.3, -0.25) is 9.59 Å². The molecule has 1 amide bonds. The summed E-state index contributed by atoms with van der Waals surface area (Å²) < 4.78 is 16.7. The first-order valence-electron chi connectivity index (χ1n) is 12.6. The number of nitrogens with zero attached hydrogens (tertiary/aromatic N) is 1. The summed E-state index contributed by atoms with van der Waals surface area (Å²) in [6.07, 6.45) is 0.0398. The molecule has 7 heteroatoms. The zero-order valence-corrected chi connectivity index (χ0v) is 22.4. The highest BCUT2D eigenvalue weighted by atomic mass is 16.5. The molecule has 1 fully saturated rings. The molecule has 3 aromatic rings. The highest BCUT2D eigenvalue weighted by molar-refractivity contribution is 6.46. The molecule has 3 aromatic carbocycles. The van der Waals surface area contributed by atoms with Crippen molar-refractivity contribution in [2.75, 3.05) is 13.7 Å². The predicted octanol–water partition coefficient (Wildman–Crippen LogP) is 5.81. The fourth-order valence-electron chi connectivity index (χ4n) is 4.61. The van der Waals surface area contributed by atoms with Gasteiger partial charge in [-0.15, -0.1) is 0 Å². The van der Waals surface area contributed by atoms with Gasteiger partial charge in [0.2, 0.25) is 0 Å². The second-order valence-electron chi connectivity index (χ2n) is 9.43. The minimum atomic E-state index is -0.802. The van der Waals surface area contributed by atoms with Gasteiger partial charge in [0.15, 0.2) is 0 Å². The molecule has 7 nitrogen and oxygen atoms in total. The number of rotatable bonds is 9. The van der Waals surface area contributed by atoms with Crippen LogP contribution in [-0.4, -0.2) is 41.5 Å². The SMILES string of the molecule is CCOc1ccc(/C(O)=C2/C(=O)C(=O)N(Cc3ccc(OC(C)C)cc3)C2c2cccc(OC)c2)cc1C. The van der Waals surface area contributed by atoms with E-state index < -0.39 is 17.7 Å². The Morgan fingerprint density at radius 2 is 1.74 bits per heavy atom. The third-order valence-corrected chi connectivity index (χ3v) is 6.35. The quantitative estimate of drug-likeness (QED) is 0.220. The Hall–Kier alpha value is -4.26. The lowest BCUT2D eigenvalue weighted by Crippen LogP contribution is -2.29. The first-order valence-corrected chi connectivity index (χ1v) is 12.6. The number of ether oxygens (including phenoxy) is 3. The number of Topliss-reactive ketones (excluding diaryl/α,β-unsaturated/α-hetero) is 1. The van der Waals surface area contributed by atoms with Gasteiger partial charge in [-0.1, -0.05) is 24.3 Å². The molecule has 0 radical (unpaired) electrons. The van der Waals surface area contributed by atoms with Crippen LogP contribution >= 0.6 is 0 Å². The van der Waals surface area contributed by atoms with Crippen molar-refractivity contribution in [1.82, 2.24) is 4.90 Å². The van der Waals surface area contributed by atoms with Crippen LogP contribution < -0.4 is 14.2 Å². The van der Waals surface area contributed by atoms with Crippen molar-refractivity contribution in [3.63, 3.8) is 0 Å². The number of aliphatic hydroxyl groups excluding tert-OH is 1. The Bertz CT molecular complexity index is 1360. The van der Waals surface area contributed by atoms with Crippen molar-refractivity contribution >= 4 is 17.4 Å². The topological polar surface area (TPSA) is 85.3 Å². The second kappa shape index (κ2) is 11.4. The average Bonchev–Trinajstić information content (AvgIpc) is 3.15. The standard InChI is InChI=1S/C31H33NO6/c1-6-37-26-15-12-23(16-20(26)4)29(33)27-28(22-8-7-9-25(17-22)36-5)32(31(35)30(27)34)18-21-10-13-24(14-11-21)38-19(2)3/h7-17,19,28,33H,6,18H2,1-5H3/b29-27-. The number of aliphatic hydroxyl groups is 1. The fraction of sp³-hybridized carbons (Fsp3) is 0.290. The Morgan fingerprint density at radius 1 is 1.00 bits per heavy atom. The Morgan fingerprint density at radius 3 is 2.37 bits per heavy atom. The van der Waals surface area contributed by atoms with Crippen LogP contribution in [0.5, 0.6) is 17.2 Å². The minimum absolute atomic E-state index is 0.0339. The molecule has 1 aliphatic rings. The largest absolute Gasteiger partial charge is 0.507 e. The van der Waals surface area contributed by atoms with Crippen molar-refractivity contribution in [1.29, 1.82) is 0 Å². The molecule has 1 unspecified atom stereocenters. The van der Waals surface area contributed by atoms with E-state index in [1.54, 1.807) is 43.5 Å². The van der Waals surface area contributed by atoms with Crippen molar-refractivity contribution in [3.8, 4) is 17.2 Å². The molecule has 0 spiro atoms. The molecule has 0 aliphatic carbocycles. The number of methoxy groups -OCH3 is 1. The van der Waals surface area contributed by atoms with Crippen LogP contribution in [0.1, 0.15) is 49.1 Å². The van der Waals surface area contributed by atoms with Gasteiger partial charge in [0.25, 0.3) is 11.7 Å². The average molecular weight is 516 g/mol. The van der Waals surface area contributed by atoms with E-state index in [0.717, 1.165) is 16.9 Å². The molecule has 1 heterocycles. The molecule has 1 saturated heterocycles. The zero-order chi connectivity index (χ0) is 27.4. The number of carbonyl (C=O) groups excluding carboxylic acids is 2. The van der Waals surface area contributed by atoms with Gasteiger partial charge >= 0.3 is 0 Å². The lowest BCUT2D eigenvalue weighted by atomic mass is 9.94. The summed E-state index contributed by atoms with van der Waals surface area (Å²) in [6, 6.07) is 19.0. The summed E-state index contributed by atoms with van der Waals surface area (Å²) in [7, 11) is 1.56. The Balaban J connectivity index is 1.79. The lowest BCUT2D eigenvalue weighted by molar-refractivity contribution is -0.140. The van der Waals surface area contributed by atoms with E-state index >= 15 is 0 Å². The number of hydrogen-bond donors (Lipinski definition) is 1. The predicted molar refractivity (Wildman–Crippen MR) is 145 cm³/mol. The third-order valence-electron chi connectivity index (χ3n) is 6.35. The molecule has 1 atom stereocenters. The van der Waals surface area contributed by atoms with Gasteiger partial charge < -0.3 is 24.2 Å². The maximum Gasteiger partial charge on any atom is 0.295 e. The zero-order valence-electron chi connectivity index (χ0n) is 22.4. The lowest BCUT2D eigenvalue weighted by Gasteiger charge is -2.26. The van der Waals surface area contributed by atoms with Crippen molar-refractivity contribution in [3.05, 3.63) is 94.6 Å². The van der Waals surface area contributed by atoms with Gasteiger partial charge in [0, 0.05) is 12.1 Å². The van der Waals surface area contributed by atoms with E-state index in [0.29, 0.717) is 29.2 Å². The van der Waals surface area contributed by atoms with Gasteiger partial charge in [-0.05, 0) is 86.8 Å². The van der Waals surface area contributed by atoms with Crippen LogP contribution in [0.2, 0.25) is 0 Å². The smallest absolute Gasteiger partial charge is 0.295 e. The van der Waals surface area contributed by atoms with E-state index in [1.807, 2.05) is 58.0 Å². The van der Waals surface area contributed by atoms with E-state index in [4.69, 9.17) is 14.2 Å². The number of ketones is 1. The van der Waals surface area contributed by atoms with Gasteiger partial charge in [-0.25, -0.2) is 0 Å². The summed E-state index contributed by atoms with van der Waals surface area (Å²) in [6.45, 7) is 8.35. The van der Waals surface area contributed by atoms with E-state index in [2.05, 4.69) is 0 Å². The summed E-state index contributed by atoms with van der Waals surface area (Å²) in [5, 5.41) is 11.4. The summed E-state index contributed by atoms with van der Waals surface area (Å²) in [4.78, 5) is 28.3. The summed E-state index contributed by atoms with van der Waals surface area (Å²) in [5.74, 6) is 0.358. The van der Waals surface area contributed by atoms with Crippen molar-refractivity contribution < 1.29 is 28.9 Å². The maximum atomic E-state index is 13.4. The molecule has 38 heavy (non-hydrogen) atoms. The molecule has 198 valence electrons. The highest BCUT2D eigenvalue weighted by Crippen LogP contribution is 2.41. The van der Waals surface area contributed by atoms with Crippen LogP contribution in [0.3, 0.4) is 0 Å². The summed E-state index contributed by atoms with van der Waals surface area (Å²) in [5.41, 5.74) is 2.77. The molecule has 0 aromatic heterocycles. The van der Waals surface area contributed by atoms with Crippen LogP contribution in [0, 0.1) is 6.92 Å². The number of amides is 1. The van der Waals surface area contributed by atoms with Gasteiger partial charge in [0.1, 0.15) is 23.0 Å². The van der Waals surface area contributed by atoms with Crippen molar-refractivity contribution in [2.24, 2.45) is 0 Å². The van der Waals surface area contributed by atoms with E-state index in [9.17, 15) is 14.7 Å². The van der Waals surface area contributed by atoms with Gasteiger partial charge in [0.05, 0.1) is 31.4 Å². The molecular weight excluding hydrogens is 482 g/mol. The van der Waals surface area contributed by atoms with Crippen LogP contribution in [0.4, 0.5) is 0 Å². The number of carbonyl (C=O) groups is 2. The van der Waals surface area contributed by atoms with E-state index in [-0.39, 0.29) is 24.0 Å². The van der Waals surface area contributed by atoms with Crippen LogP contribution in [0.25, 0.3) is 5.76 Å². The molecule has 4 rings (SSSR count). The van der Waals surface area contributed by atoms with Gasteiger partial charge in [-0.2, -0.15) is 0 Å². The minimum Gasteiger partial charge on any atom is -0.507 e. The number of hydrogen-bond acceptors (Lipinski definition) is 6. The van der Waals surface area contributed by atoms with Crippen LogP contribution in [-0.2, 0) is 16.1 Å². The number of aryl methyl sites for hydroxylation is 1.